The molecule has 0 fully saturated rings. The molecule has 1 aromatic heterocycles. The molecule has 5 heteroatoms. The van der Waals surface area contributed by atoms with Gasteiger partial charge in [0.2, 0.25) is 0 Å². The van der Waals surface area contributed by atoms with E-state index in [2.05, 4.69) is 12.2 Å². The second-order valence-corrected chi connectivity index (χ2v) is 4.59. The van der Waals surface area contributed by atoms with Gasteiger partial charge in [0.05, 0.1) is 0 Å². The first-order valence-electron chi connectivity index (χ1n) is 6.35. The molecular formula is C14H17F3N2. The second-order valence-electron chi connectivity index (χ2n) is 4.59. The number of fused-ring (bicyclic) bond motifs is 1. The van der Waals surface area contributed by atoms with Crippen LogP contribution in [0.25, 0.3) is 10.9 Å². The number of nitrogens with zero attached hydrogens (tertiary/aromatic N) is 1. The number of rotatable bonds is 5. The average Bonchev–Trinajstić information content (AvgIpc) is 2.72. The molecule has 0 amide bonds. The van der Waals surface area contributed by atoms with Crippen molar-refractivity contribution in [2.45, 2.75) is 32.6 Å². The SMILES string of the molecule is CCCNCc1cccc2c1ccn2CC(F)(F)F. The van der Waals surface area contributed by atoms with E-state index in [1.54, 1.807) is 18.2 Å². The van der Waals surface area contributed by atoms with E-state index in [4.69, 9.17) is 0 Å². The Balaban J connectivity index is 2.26. The summed E-state index contributed by atoms with van der Waals surface area (Å²) < 4.78 is 38.6. The van der Waals surface area contributed by atoms with Gasteiger partial charge in [-0.1, -0.05) is 19.1 Å². The van der Waals surface area contributed by atoms with E-state index in [0.717, 1.165) is 23.9 Å². The number of benzene rings is 1. The third-order valence-corrected chi connectivity index (χ3v) is 3.00. The minimum atomic E-state index is -4.19. The van der Waals surface area contributed by atoms with Crippen molar-refractivity contribution in [2.24, 2.45) is 0 Å². The molecule has 104 valence electrons. The zero-order valence-corrected chi connectivity index (χ0v) is 10.8. The van der Waals surface area contributed by atoms with Gasteiger partial charge < -0.3 is 9.88 Å². The van der Waals surface area contributed by atoms with Gasteiger partial charge in [-0.15, -0.1) is 0 Å². The van der Waals surface area contributed by atoms with Crippen molar-refractivity contribution in [3.05, 3.63) is 36.0 Å². The smallest absolute Gasteiger partial charge is 0.338 e. The van der Waals surface area contributed by atoms with Gasteiger partial charge in [-0.25, -0.2) is 0 Å². The summed E-state index contributed by atoms with van der Waals surface area (Å²) in [5.74, 6) is 0. The lowest BCUT2D eigenvalue weighted by Crippen LogP contribution is -2.17. The molecule has 1 N–H and O–H groups in total. The molecule has 2 nitrogen and oxygen atoms in total. The molecule has 0 saturated carbocycles. The summed E-state index contributed by atoms with van der Waals surface area (Å²) in [6.45, 7) is 2.72. The van der Waals surface area contributed by atoms with E-state index in [1.807, 2.05) is 6.07 Å². The molecule has 2 rings (SSSR count). The lowest BCUT2D eigenvalue weighted by atomic mass is 10.1. The zero-order chi connectivity index (χ0) is 13.9. The molecule has 0 saturated heterocycles. The van der Waals surface area contributed by atoms with Crippen molar-refractivity contribution in [3.8, 4) is 0 Å². The Kier molecular flexibility index (Phi) is 4.14. The zero-order valence-electron chi connectivity index (χ0n) is 10.8. The highest BCUT2D eigenvalue weighted by atomic mass is 19.4. The molecule has 0 radical (unpaired) electrons. The minimum Gasteiger partial charge on any atom is -0.338 e. The molecule has 0 aliphatic rings. The second kappa shape index (κ2) is 5.65. The topological polar surface area (TPSA) is 17.0 Å². The lowest BCUT2D eigenvalue weighted by molar-refractivity contribution is -0.139. The Bertz CT molecular complexity index is 543. The van der Waals surface area contributed by atoms with Gasteiger partial charge >= 0.3 is 6.18 Å². The maximum atomic E-state index is 12.5. The first kappa shape index (κ1) is 13.9. The Hall–Kier alpha value is -1.49. The molecule has 1 aromatic carbocycles. The molecule has 2 aromatic rings. The maximum absolute atomic E-state index is 12.5. The summed E-state index contributed by atoms with van der Waals surface area (Å²) >= 11 is 0. The first-order valence-corrected chi connectivity index (χ1v) is 6.35. The van der Waals surface area contributed by atoms with Crippen molar-refractivity contribution in [1.82, 2.24) is 9.88 Å². The summed E-state index contributed by atoms with van der Waals surface area (Å²) in [7, 11) is 0. The molecule has 0 atom stereocenters. The molecule has 0 aliphatic carbocycles. The Labute approximate surface area is 110 Å². The van der Waals surface area contributed by atoms with Crippen molar-refractivity contribution in [2.75, 3.05) is 6.54 Å². The number of hydrogen-bond donors (Lipinski definition) is 1. The third-order valence-electron chi connectivity index (χ3n) is 3.00. The van der Waals surface area contributed by atoms with Crippen molar-refractivity contribution < 1.29 is 13.2 Å². The van der Waals surface area contributed by atoms with Crippen LogP contribution in [0.5, 0.6) is 0 Å². The fourth-order valence-electron chi connectivity index (χ4n) is 2.17. The Morgan fingerprint density at radius 1 is 1.21 bits per heavy atom. The number of halogens is 3. The molecular weight excluding hydrogens is 253 g/mol. The minimum absolute atomic E-state index is 0.633. The largest absolute Gasteiger partial charge is 0.406 e. The van der Waals surface area contributed by atoms with E-state index >= 15 is 0 Å². The van der Waals surface area contributed by atoms with Gasteiger partial charge in [-0.3, -0.25) is 0 Å². The van der Waals surface area contributed by atoms with E-state index in [1.165, 1.54) is 10.8 Å². The highest BCUT2D eigenvalue weighted by Crippen LogP contribution is 2.24. The summed E-state index contributed by atoms with van der Waals surface area (Å²) in [6, 6.07) is 7.23. The van der Waals surface area contributed by atoms with Gasteiger partial charge in [0.25, 0.3) is 0 Å². The van der Waals surface area contributed by atoms with E-state index in [0.29, 0.717) is 12.1 Å². The van der Waals surface area contributed by atoms with Crippen molar-refractivity contribution >= 4 is 10.9 Å². The number of aromatic nitrogens is 1. The van der Waals surface area contributed by atoms with E-state index in [-0.39, 0.29) is 0 Å². The van der Waals surface area contributed by atoms with Gasteiger partial charge in [0, 0.05) is 23.6 Å². The van der Waals surface area contributed by atoms with Gasteiger partial charge in [-0.05, 0) is 30.7 Å². The van der Waals surface area contributed by atoms with Gasteiger partial charge in [0.1, 0.15) is 6.54 Å². The number of alkyl halides is 3. The number of nitrogens with one attached hydrogen (secondary N) is 1. The molecule has 0 bridgehead atoms. The Morgan fingerprint density at radius 2 is 2.00 bits per heavy atom. The van der Waals surface area contributed by atoms with Crippen LogP contribution in [0.4, 0.5) is 13.2 Å². The van der Waals surface area contributed by atoms with Crippen LogP contribution in [-0.4, -0.2) is 17.3 Å². The monoisotopic (exact) mass is 270 g/mol. The quantitative estimate of drug-likeness (QED) is 0.820. The normalized spacial score (nSPS) is 12.2. The van der Waals surface area contributed by atoms with Crippen LogP contribution < -0.4 is 5.32 Å². The molecule has 0 aliphatic heterocycles. The molecule has 0 unspecified atom stereocenters. The van der Waals surface area contributed by atoms with Crippen LogP contribution in [-0.2, 0) is 13.1 Å². The highest BCUT2D eigenvalue weighted by molar-refractivity contribution is 5.83. The first-order chi connectivity index (χ1) is 9.01. The van der Waals surface area contributed by atoms with Crippen LogP contribution in [0, 0.1) is 0 Å². The Morgan fingerprint density at radius 3 is 2.68 bits per heavy atom. The predicted molar refractivity (Wildman–Crippen MR) is 70.0 cm³/mol. The fourth-order valence-corrected chi connectivity index (χ4v) is 2.17. The van der Waals surface area contributed by atoms with Crippen LogP contribution in [0.1, 0.15) is 18.9 Å². The molecule has 1 heterocycles. The van der Waals surface area contributed by atoms with E-state index in [9.17, 15) is 13.2 Å². The van der Waals surface area contributed by atoms with Crippen LogP contribution in [0.2, 0.25) is 0 Å². The third kappa shape index (κ3) is 3.50. The van der Waals surface area contributed by atoms with Crippen LogP contribution >= 0.6 is 0 Å². The predicted octanol–water partition coefficient (Wildman–Crippen LogP) is 3.70. The summed E-state index contributed by atoms with van der Waals surface area (Å²) in [5, 5.41) is 4.15. The molecule has 0 spiro atoms. The number of hydrogen-bond acceptors (Lipinski definition) is 1. The van der Waals surface area contributed by atoms with Crippen molar-refractivity contribution in [3.63, 3.8) is 0 Å². The van der Waals surface area contributed by atoms with E-state index < -0.39 is 12.7 Å². The van der Waals surface area contributed by atoms with Crippen molar-refractivity contribution in [1.29, 1.82) is 0 Å². The standard InChI is InChI=1S/C14H17F3N2/c1-2-7-18-9-11-4-3-5-13-12(11)6-8-19(13)10-14(15,16)17/h3-6,8,18H,2,7,9-10H2,1H3. The van der Waals surface area contributed by atoms with Gasteiger partial charge in [0.15, 0.2) is 0 Å². The van der Waals surface area contributed by atoms with Crippen LogP contribution in [0.15, 0.2) is 30.5 Å². The average molecular weight is 270 g/mol. The highest BCUT2D eigenvalue weighted by Gasteiger charge is 2.28. The lowest BCUT2D eigenvalue weighted by Gasteiger charge is -2.10. The fraction of sp³-hybridized carbons (Fsp3) is 0.429. The maximum Gasteiger partial charge on any atom is 0.406 e. The summed E-state index contributed by atoms with van der Waals surface area (Å²) in [5.41, 5.74) is 1.67. The summed E-state index contributed by atoms with van der Waals surface area (Å²) in [4.78, 5) is 0. The van der Waals surface area contributed by atoms with Gasteiger partial charge in [-0.2, -0.15) is 13.2 Å². The summed E-state index contributed by atoms with van der Waals surface area (Å²) in [6.07, 6.45) is -1.66. The molecule has 19 heavy (non-hydrogen) atoms. The van der Waals surface area contributed by atoms with Crippen LogP contribution in [0.3, 0.4) is 0 Å².